The molecule has 0 aliphatic heterocycles. The third-order valence-electron chi connectivity index (χ3n) is 3.99. The van der Waals surface area contributed by atoms with Crippen LogP contribution in [0.5, 0.6) is 0 Å². The normalized spacial score (nSPS) is 25.2. The molecule has 0 aromatic heterocycles. The minimum absolute atomic E-state index is 0.0242. The number of ether oxygens (including phenoxy) is 1. The summed E-state index contributed by atoms with van der Waals surface area (Å²) in [5.74, 6) is -0.254. The maximum absolute atomic E-state index is 12.3. The first-order chi connectivity index (χ1) is 9.59. The topological polar surface area (TPSA) is 26.3 Å². The lowest BCUT2D eigenvalue weighted by Gasteiger charge is -2.36. The van der Waals surface area contributed by atoms with Crippen molar-refractivity contribution in [2.45, 2.75) is 22.0 Å². The highest BCUT2D eigenvalue weighted by molar-refractivity contribution is 9.12. The number of alkyl halides is 2. The Balaban J connectivity index is 2.29. The van der Waals surface area contributed by atoms with Gasteiger partial charge in [-0.15, -0.1) is 0 Å². The van der Waals surface area contributed by atoms with E-state index in [1.165, 1.54) is 23.4 Å². The average molecular weight is 398 g/mol. The van der Waals surface area contributed by atoms with Crippen LogP contribution >= 0.6 is 31.9 Å². The Labute approximate surface area is 134 Å². The molecule has 0 fully saturated rings. The number of hydrogen-bond acceptors (Lipinski definition) is 2. The smallest absolute Gasteiger partial charge is 0.328 e. The summed E-state index contributed by atoms with van der Waals surface area (Å²) < 4.78 is 4.21. The van der Waals surface area contributed by atoms with Gasteiger partial charge in [-0.05, 0) is 34.7 Å². The SMILES string of the molecule is COC(=O)[C@]1(Br)c2ccc3ccccc3c2CC[C@H]1Br. The highest BCUT2D eigenvalue weighted by Crippen LogP contribution is 2.48. The molecular weight excluding hydrogens is 384 g/mol. The quantitative estimate of drug-likeness (QED) is 0.529. The van der Waals surface area contributed by atoms with E-state index in [1.807, 2.05) is 18.2 Å². The zero-order valence-corrected chi connectivity index (χ0v) is 14.2. The zero-order chi connectivity index (χ0) is 14.3. The lowest BCUT2D eigenvalue weighted by Crippen LogP contribution is -2.42. The number of carbonyl (C=O) groups excluding carboxylic acids is 1. The van der Waals surface area contributed by atoms with Gasteiger partial charge in [-0.1, -0.05) is 68.3 Å². The predicted molar refractivity (Wildman–Crippen MR) is 87.6 cm³/mol. The molecule has 20 heavy (non-hydrogen) atoms. The van der Waals surface area contributed by atoms with Gasteiger partial charge >= 0.3 is 5.97 Å². The summed E-state index contributed by atoms with van der Waals surface area (Å²) >= 11 is 7.29. The van der Waals surface area contributed by atoms with Gasteiger partial charge in [0.1, 0.15) is 0 Å². The summed E-state index contributed by atoms with van der Waals surface area (Å²) in [7, 11) is 1.43. The third kappa shape index (κ3) is 1.92. The number of benzene rings is 2. The van der Waals surface area contributed by atoms with Crippen LogP contribution in [0.1, 0.15) is 17.5 Å². The first-order valence-electron chi connectivity index (χ1n) is 6.51. The molecule has 0 saturated heterocycles. The summed E-state index contributed by atoms with van der Waals surface area (Å²) in [4.78, 5) is 12.3. The highest BCUT2D eigenvalue weighted by atomic mass is 79.9. The van der Waals surface area contributed by atoms with E-state index in [2.05, 4.69) is 50.1 Å². The Morgan fingerprint density at radius 2 is 2.05 bits per heavy atom. The van der Waals surface area contributed by atoms with E-state index in [0.717, 1.165) is 18.4 Å². The average Bonchev–Trinajstić information content (AvgIpc) is 2.49. The third-order valence-corrected chi connectivity index (χ3v) is 7.06. The number of aryl methyl sites for hydroxylation is 1. The fraction of sp³-hybridized carbons (Fsp3) is 0.312. The van der Waals surface area contributed by atoms with Gasteiger partial charge in [0.25, 0.3) is 0 Å². The maximum atomic E-state index is 12.3. The van der Waals surface area contributed by atoms with Crippen molar-refractivity contribution in [3.05, 3.63) is 47.5 Å². The van der Waals surface area contributed by atoms with Crippen LogP contribution in [0.4, 0.5) is 0 Å². The number of methoxy groups -OCH3 is 1. The molecular formula is C16H14Br2O2. The molecule has 3 rings (SSSR count). The molecule has 104 valence electrons. The molecule has 0 radical (unpaired) electrons. The first kappa shape index (κ1) is 14.1. The molecule has 1 aliphatic rings. The molecule has 0 N–H and O–H groups in total. The van der Waals surface area contributed by atoms with Gasteiger partial charge in [0.15, 0.2) is 4.32 Å². The lowest BCUT2D eigenvalue weighted by molar-refractivity contribution is -0.143. The molecule has 2 nitrogen and oxygen atoms in total. The van der Waals surface area contributed by atoms with Crippen molar-refractivity contribution >= 4 is 48.6 Å². The van der Waals surface area contributed by atoms with Crippen molar-refractivity contribution in [1.82, 2.24) is 0 Å². The molecule has 0 amide bonds. The van der Waals surface area contributed by atoms with Crippen molar-refractivity contribution in [3.8, 4) is 0 Å². The molecule has 0 saturated carbocycles. The standard InChI is InChI=1S/C16H14Br2O2/c1-20-15(19)16(18)13-8-6-10-4-2-3-5-11(10)12(13)7-9-14(16)17/h2-6,8,14H,7,9H2,1H3/t14-,16+/m1/s1. The summed E-state index contributed by atoms with van der Waals surface area (Å²) in [6, 6.07) is 12.4. The Kier molecular flexibility index (Phi) is 3.63. The number of fused-ring (bicyclic) bond motifs is 3. The molecule has 4 heteroatoms. The van der Waals surface area contributed by atoms with E-state index in [9.17, 15) is 4.79 Å². The molecule has 0 spiro atoms. The van der Waals surface area contributed by atoms with Crippen LogP contribution in [-0.2, 0) is 20.3 Å². The van der Waals surface area contributed by atoms with E-state index >= 15 is 0 Å². The van der Waals surface area contributed by atoms with Crippen LogP contribution in [0.2, 0.25) is 0 Å². The van der Waals surface area contributed by atoms with Crippen LogP contribution in [0, 0.1) is 0 Å². The molecule has 2 aromatic carbocycles. The minimum atomic E-state index is -0.806. The second-order valence-corrected chi connectivity index (χ2v) is 7.38. The fourth-order valence-corrected chi connectivity index (χ4v) is 4.40. The Morgan fingerprint density at radius 1 is 1.30 bits per heavy atom. The van der Waals surface area contributed by atoms with Gasteiger partial charge in [0, 0.05) is 4.83 Å². The van der Waals surface area contributed by atoms with Crippen LogP contribution in [0.3, 0.4) is 0 Å². The van der Waals surface area contributed by atoms with E-state index in [0.29, 0.717) is 0 Å². The van der Waals surface area contributed by atoms with E-state index < -0.39 is 4.32 Å². The molecule has 2 atom stereocenters. The molecule has 2 aromatic rings. The second-order valence-electron chi connectivity index (χ2n) is 5.02. The number of halogens is 2. The fourth-order valence-electron chi connectivity index (χ4n) is 2.97. The van der Waals surface area contributed by atoms with Gasteiger partial charge in [-0.25, -0.2) is 0 Å². The van der Waals surface area contributed by atoms with Gasteiger partial charge < -0.3 is 4.74 Å². The number of hydrogen-bond donors (Lipinski definition) is 0. The molecule has 1 aliphatic carbocycles. The number of rotatable bonds is 1. The Morgan fingerprint density at radius 3 is 2.80 bits per heavy atom. The maximum Gasteiger partial charge on any atom is 0.328 e. The number of carbonyl (C=O) groups is 1. The van der Waals surface area contributed by atoms with Crippen molar-refractivity contribution in [3.63, 3.8) is 0 Å². The van der Waals surface area contributed by atoms with Crippen molar-refractivity contribution in [2.24, 2.45) is 0 Å². The first-order valence-corrected chi connectivity index (χ1v) is 8.22. The van der Waals surface area contributed by atoms with Gasteiger partial charge in [-0.2, -0.15) is 0 Å². The van der Waals surface area contributed by atoms with Crippen LogP contribution in [0.25, 0.3) is 10.8 Å². The van der Waals surface area contributed by atoms with Gasteiger partial charge in [0.2, 0.25) is 0 Å². The number of esters is 1. The van der Waals surface area contributed by atoms with Crippen LogP contribution in [0.15, 0.2) is 36.4 Å². The van der Waals surface area contributed by atoms with Crippen LogP contribution < -0.4 is 0 Å². The van der Waals surface area contributed by atoms with Crippen molar-refractivity contribution in [2.75, 3.05) is 7.11 Å². The Bertz CT molecular complexity index is 683. The van der Waals surface area contributed by atoms with Crippen molar-refractivity contribution in [1.29, 1.82) is 0 Å². The van der Waals surface area contributed by atoms with Gasteiger partial charge in [-0.3, -0.25) is 4.79 Å². The van der Waals surface area contributed by atoms with E-state index in [-0.39, 0.29) is 10.8 Å². The highest BCUT2D eigenvalue weighted by Gasteiger charge is 2.48. The monoisotopic (exact) mass is 396 g/mol. The summed E-state index contributed by atoms with van der Waals surface area (Å²) in [5, 5.41) is 2.43. The largest absolute Gasteiger partial charge is 0.468 e. The van der Waals surface area contributed by atoms with E-state index in [4.69, 9.17) is 4.74 Å². The zero-order valence-electron chi connectivity index (χ0n) is 11.0. The second kappa shape index (κ2) is 5.15. The van der Waals surface area contributed by atoms with E-state index in [1.54, 1.807) is 0 Å². The predicted octanol–water partition coefficient (Wildman–Crippen LogP) is 4.31. The minimum Gasteiger partial charge on any atom is -0.468 e. The Hall–Kier alpha value is -0.870. The van der Waals surface area contributed by atoms with Crippen molar-refractivity contribution < 1.29 is 9.53 Å². The molecule has 0 unspecified atom stereocenters. The summed E-state index contributed by atoms with van der Waals surface area (Å²) in [6.07, 6.45) is 1.85. The summed E-state index contributed by atoms with van der Waals surface area (Å²) in [6.45, 7) is 0. The van der Waals surface area contributed by atoms with Gasteiger partial charge in [0.05, 0.1) is 7.11 Å². The molecule has 0 bridgehead atoms. The summed E-state index contributed by atoms with van der Waals surface area (Å²) in [5.41, 5.74) is 2.25. The lowest BCUT2D eigenvalue weighted by atomic mass is 9.80. The molecule has 0 heterocycles. The van der Waals surface area contributed by atoms with Crippen LogP contribution in [-0.4, -0.2) is 17.9 Å².